The highest BCUT2D eigenvalue weighted by molar-refractivity contribution is 6.30. The van der Waals surface area contributed by atoms with Crippen molar-refractivity contribution in [2.45, 2.75) is 6.04 Å². The number of benzene rings is 1. The van der Waals surface area contributed by atoms with Crippen LogP contribution < -0.4 is 5.73 Å². The van der Waals surface area contributed by atoms with Gasteiger partial charge < -0.3 is 5.73 Å². The van der Waals surface area contributed by atoms with Gasteiger partial charge in [0.05, 0.1) is 6.04 Å². The topological polar surface area (TPSA) is 51.8 Å². The van der Waals surface area contributed by atoms with Crippen LogP contribution in [0.25, 0.3) is 0 Å². The molecule has 1 atom stereocenters. The fraction of sp³-hybridized carbons (Fsp3) is 0.0909. The molecule has 3 nitrogen and oxygen atoms in total. The molecule has 1 aromatic heterocycles. The van der Waals surface area contributed by atoms with Gasteiger partial charge in [0.1, 0.15) is 11.6 Å². The summed E-state index contributed by atoms with van der Waals surface area (Å²) in [7, 11) is 0. The molecule has 0 aliphatic heterocycles. The first-order valence-corrected chi connectivity index (χ1v) is 5.03. The van der Waals surface area contributed by atoms with Crippen molar-refractivity contribution in [3.8, 4) is 0 Å². The van der Waals surface area contributed by atoms with Crippen LogP contribution >= 0.6 is 11.6 Å². The Labute approximate surface area is 97.1 Å². The summed E-state index contributed by atoms with van der Waals surface area (Å²) >= 11 is 5.66. The number of hydrogen-bond donors (Lipinski definition) is 1. The van der Waals surface area contributed by atoms with Crippen molar-refractivity contribution in [2.75, 3.05) is 0 Å². The first-order chi connectivity index (χ1) is 7.68. The standard InChI is InChI=1S/C11H9ClFN3/c12-7-2-3-8(9(13)6-7)10(14)11-15-4-1-5-16-11/h1-6,10H,14H2. The number of nitrogens with zero attached hydrogens (tertiary/aromatic N) is 2. The largest absolute Gasteiger partial charge is 0.318 e. The number of aromatic nitrogens is 2. The smallest absolute Gasteiger partial charge is 0.149 e. The molecule has 0 spiro atoms. The van der Waals surface area contributed by atoms with E-state index in [1.54, 1.807) is 30.6 Å². The zero-order valence-corrected chi connectivity index (χ0v) is 9.03. The second kappa shape index (κ2) is 4.55. The Bertz CT molecular complexity index is 490. The fourth-order valence-corrected chi connectivity index (χ4v) is 1.52. The van der Waals surface area contributed by atoms with Gasteiger partial charge in [0, 0.05) is 23.0 Å². The maximum atomic E-state index is 13.6. The molecular weight excluding hydrogens is 229 g/mol. The molecule has 1 aromatic carbocycles. The lowest BCUT2D eigenvalue weighted by Crippen LogP contribution is -2.16. The molecule has 0 aliphatic carbocycles. The summed E-state index contributed by atoms with van der Waals surface area (Å²) in [5.74, 6) is -0.0730. The van der Waals surface area contributed by atoms with Crippen LogP contribution in [-0.2, 0) is 0 Å². The van der Waals surface area contributed by atoms with E-state index in [-0.39, 0.29) is 0 Å². The van der Waals surface area contributed by atoms with Crippen LogP contribution in [-0.4, -0.2) is 9.97 Å². The molecule has 5 heteroatoms. The molecule has 82 valence electrons. The molecule has 1 unspecified atom stereocenters. The van der Waals surface area contributed by atoms with Crippen LogP contribution in [0.4, 0.5) is 4.39 Å². The lowest BCUT2D eigenvalue weighted by Gasteiger charge is -2.11. The van der Waals surface area contributed by atoms with Crippen LogP contribution in [0.2, 0.25) is 5.02 Å². The molecule has 0 amide bonds. The minimum atomic E-state index is -0.682. The van der Waals surface area contributed by atoms with Crippen molar-refractivity contribution < 1.29 is 4.39 Å². The zero-order valence-electron chi connectivity index (χ0n) is 8.27. The SMILES string of the molecule is NC(c1ncccn1)c1ccc(Cl)cc1F. The number of nitrogens with two attached hydrogens (primary N) is 1. The second-order valence-electron chi connectivity index (χ2n) is 3.25. The van der Waals surface area contributed by atoms with Gasteiger partial charge in [-0.15, -0.1) is 0 Å². The third kappa shape index (κ3) is 2.18. The molecule has 16 heavy (non-hydrogen) atoms. The summed E-state index contributed by atoms with van der Waals surface area (Å²) in [4.78, 5) is 7.97. The first kappa shape index (κ1) is 11.0. The molecular formula is C11H9ClFN3. The molecule has 1 heterocycles. The lowest BCUT2D eigenvalue weighted by molar-refractivity contribution is 0.593. The van der Waals surface area contributed by atoms with Crippen molar-refractivity contribution in [1.29, 1.82) is 0 Å². The minimum Gasteiger partial charge on any atom is -0.318 e. The van der Waals surface area contributed by atoms with Gasteiger partial charge in [0.25, 0.3) is 0 Å². The Morgan fingerprint density at radius 3 is 2.56 bits per heavy atom. The lowest BCUT2D eigenvalue weighted by atomic mass is 10.1. The third-order valence-electron chi connectivity index (χ3n) is 2.16. The summed E-state index contributed by atoms with van der Waals surface area (Å²) < 4.78 is 13.6. The summed E-state index contributed by atoms with van der Waals surface area (Å²) in [6.07, 6.45) is 3.13. The maximum Gasteiger partial charge on any atom is 0.149 e. The highest BCUT2D eigenvalue weighted by Crippen LogP contribution is 2.22. The minimum absolute atomic E-state index is 0.329. The van der Waals surface area contributed by atoms with E-state index >= 15 is 0 Å². The normalized spacial score (nSPS) is 12.4. The quantitative estimate of drug-likeness (QED) is 0.872. The van der Waals surface area contributed by atoms with Gasteiger partial charge in [-0.25, -0.2) is 14.4 Å². The summed E-state index contributed by atoms with van der Waals surface area (Å²) in [5, 5.41) is 0.336. The van der Waals surface area contributed by atoms with E-state index < -0.39 is 11.9 Å². The molecule has 0 aliphatic rings. The average Bonchev–Trinajstić information content (AvgIpc) is 2.29. The number of rotatable bonds is 2. The maximum absolute atomic E-state index is 13.6. The van der Waals surface area contributed by atoms with Crippen molar-refractivity contribution >= 4 is 11.6 Å². The highest BCUT2D eigenvalue weighted by atomic mass is 35.5. The van der Waals surface area contributed by atoms with Gasteiger partial charge in [0.2, 0.25) is 0 Å². The van der Waals surface area contributed by atoms with Crippen LogP contribution in [0.1, 0.15) is 17.4 Å². The summed E-state index contributed by atoms with van der Waals surface area (Å²) in [5.41, 5.74) is 6.19. The first-order valence-electron chi connectivity index (χ1n) is 4.66. The average molecular weight is 238 g/mol. The Balaban J connectivity index is 2.38. The van der Waals surface area contributed by atoms with E-state index in [0.29, 0.717) is 16.4 Å². The molecule has 2 aromatic rings. The van der Waals surface area contributed by atoms with Crippen LogP contribution in [0.5, 0.6) is 0 Å². The van der Waals surface area contributed by atoms with E-state index in [2.05, 4.69) is 9.97 Å². The third-order valence-corrected chi connectivity index (χ3v) is 2.40. The molecule has 0 bridgehead atoms. The molecule has 2 N–H and O–H groups in total. The monoisotopic (exact) mass is 237 g/mol. The van der Waals surface area contributed by atoms with Gasteiger partial charge in [-0.3, -0.25) is 0 Å². The van der Waals surface area contributed by atoms with Gasteiger partial charge in [-0.05, 0) is 18.2 Å². The molecule has 0 saturated heterocycles. The van der Waals surface area contributed by atoms with E-state index in [4.69, 9.17) is 17.3 Å². The van der Waals surface area contributed by atoms with Crippen LogP contribution in [0, 0.1) is 5.82 Å². The van der Waals surface area contributed by atoms with Crippen molar-refractivity contribution in [3.63, 3.8) is 0 Å². The summed E-state index contributed by atoms with van der Waals surface area (Å²) in [6, 6.07) is 5.34. The molecule has 2 rings (SSSR count). The van der Waals surface area contributed by atoms with Gasteiger partial charge >= 0.3 is 0 Å². The predicted molar refractivity (Wildman–Crippen MR) is 59.5 cm³/mol. The van der Waals surface area contributed by atoms with E-state index in [1.807, 2.05) is 0 Å². The Kier molecular flexibility index (Phi) is 3.12. The molecule has 0 saturated carbocycles. The van der Waals surface area contributed by atoms with Crippen molar-refractivity contribution in [3.05, 3.63) is 58.9 Å². The Morgan fingerprint density at radius 2 is 1.94 bits per heavy atom. The Morgan fingerprint density at radius 1 is 1.25 bits per heavy atom. The molecule has 0 radical (unpaired) electrons. The van der Waals surface area contributed by atoms with Crippen LogP contribution in [0.3, 0.4) is 0 Å². The summed E-state index contributed by atoms with van der Waals surface area (Å²) in [6.45, 7) is 0. The zero-order chi connectivity index (χ0) is 11.5. The van der Waals surface area contributed by atoms with Crippen molar-refractivity contribution in [1.82, 2.24) is 9.97 Å². The van der Waals surface area contributed by atoms with Crippen LogP contribution in [0.15, 0.2) is 36.7 Å². The van der Waals surface area contributed by atoms with E-state index in [0.717, 1.165) is 0 Å². The molecule has 0 fully saturated rings. The Hall–Kier alpha value is -1.52. The number of halogens is 2. The predicted octanol–water partition coefficient (Wildman–Crippen LogP) is 2.32. The number of hydrogen-bond acceptors (Lipinski definition) is 3. The van der Waals surface area contributed by atoms with Gasteiger partial charge in [0.15, 0.2) is 0 Å². The van der Waals surface area contributed by atoms with Crippen molar-refractivity contribution in [2.24, 2.45) is 5.73 Å². The van der Waals surface area contributed by atoms with Gasteiger partial charge in [-0.1, -0.05) is 17.7 Å². The second-order valence-corrected chi connectivity index (χ2v) is 3.69. The fourth-order valence-electron chi connectivity index (χ4n) is 1.36. The van der Waals surface area contributed by atoms with E-state index in [9.17, 15) is 4.39 Å². The highest BCUT2D eigenvalue weighted by Gasteiger charge is 2.15. The van der Waals surface area contributed by atoms with Gasteiger partial charge in [-0.2, -0.15) is 0 Å². The van der Waals surface area contributed by atoms with E-state index in [1.165, 1.54) is 6.07 Å².